The molecule has 5 nitrogen and oxygen atoms in total. The molecular weight excluding hydrogens is 346 g/mol. The van der Waals surface area contributed by atoms with E-state index in [9.17, 15) is 9.59 Å². The number of primary amides is 1. The van der Waals surface area contributed by atoms with Crippen molar-refractivity contribution in [3.63, 3.8) is 0 Å². The Balaban J connectivity index is 1.88. The number of nitrogens with zero attached hydrogens (tertiary/aromatic N) is 2. The van der Waals surface area contributed by atoms with E-state index in [0.29, 0.717) is 17.1 Å². The SMILES string of the molecule is Cc1nc(S[C@H](C)C(=O)N2CCc3ccccc32)c(C(N)=O)c(C)c1C. The zero-order valence-corrected chi connectivity index (χ0v) is 16.3. The number of nitrogens with two attached hydrogens (primary N) is 1. The number of aromatic nitrogens is 1. The van der Waals surface area contributed by atoms with Crippen LogP contribution in [0.5, 0.6) is 0 Å². The molecule has 0 fully saturated rings. The molecule has 0 saturated carbocycles. The molecule has 0 bridgehead atoms. The average molecular weight is 369 g/mol. The largest absolute Gasteiger partial charge is 0.366 e. The van der Waals surface area contributed by atoms with E-state index in [1.807, 2.05) is 50.8 Å². The molecule has 0 spiro atoms. The summed E-state index contributed by atoms with van der Waals surface area (Å²) in [6, 6.07) is 7.97. The van der Waals surface area contributed by atoms with Gasteiger partial charge in [0.1, 0.15) is 5.03 Å². The maximum atomic E-state index is 13.0. The van der Waals surface area contributed by atoms with E-state index < -0.39 is 5.91 Å². The van der Waals surface area contributed by atoms with E-state index in [0.717, 1.165) is 28.9 Å². The van der Waals surface area contributed by atoms with Crippen molar-refractivity contribution in [1.29, 1.82) is 0 Å². The second-order valence-corrected chi connectivity index (χ2v) is 7.95. The van der Waals surface area contributed by atoms with E-state index in [1.165, 1.54) is 17.3 Å². The summed E-state index contributed by atoms with van der Waals surface area (Å²) in [6.45, 7) is 8.24. The smallest absolute Gasteiger partial charge is 0.251 e. The predicted octanol–water partition coefficient (Wildman–Crippen LogP) is 3.18. The van der Waals surface area contributed by atoms with Crippen LogP contribution >= 0.6 is 11.8 Å². The highest BCUT2D eigenvalue weighted by atomic mass is 32.2. The molecule has 2 amide bonds. The third kappa shape index (κ3) is 3.21. The van der Waals surface area contributed by atoms with Gasteiger partial charge in [-0.1, -0.05) is 30.0 Å². The number of fused-ring (bicyclic) bond motifs is 1. The molecule has 0 unspecified atom stereocenters. The molecule has 0 aliphatic carbocycles. The van der Waals surface area contributed by atoms with Crippen molar-refractivity contribution in [2.75, 3.05) is 11.4 Å². The lowest BCUT2D eigenvalue weighted by Gasteiger charge is -2.22. The van der Waals surface area contributed by atoms with Crippen LogP contribution in [0.1, 0.15) is 39.7 Å². The fraction of sp³-hybridized carbons (Fsp3) is 0.350. The van der Waals surface area contributed by atoms with Gasteiger partial charge in [-0.05, 0) is 56.9 Å². The van der Waals surface area contributed by atoms with Crippen LogP contribution in [0.25, 0.3) is 0 Å². The molecule has 1 aromatic carbocycles. The zero-order valence-electron chi connectivity index (χ0n) is 15.5. The Morgan fingerprint density at radius 1 is 1.19 bits per heavy atom. The van der Waals surface area contributed by atoms with E-state index in [1.54, 1.807) is 0 Å². The summed E-state index contributed by atoms with van der Waals surface area (Å²) in [6.07, 6.45) is 0.868. The molecule has 26 heavy (non-hydrogen) atoms. The van der Waals surface area contributed by atoms with Gasteiger partial charge in [-0.25, -0.2) is 4.98 Å². The van der Waals surface area contributed by atoms with Crippen molar-refractivity contribution in [3.05, 3.63) is 52.2 Å². The van der Waals surface area contributed by atoms with Gasteiger partial charge in [-0.2, -0.15) is 0 Å². The summed E-state index contributed by atoms with van der Waals surface area (Å²) in [7, 11) is 0. The van der Waals surface area contributed by atoms with Crippen molar-refractivity contribution < 1.29 is 9.59 Å². The Morgan fingerprint density at radius 3 is 2.58 bits per heavy atom. The summed E-state index contributed by atoms with van der Waals surface area (Å²) in [4.78, 5) is 31.3. The first-order valence-corrected chi connectivity index (χ1v) is 9.52. The summed E-state index contributed by atoms with van der Waals surface area (Å²) in [5, 5.41) is 0.166. The van der Waals surface area contributed by atoms with Crippen molar-refractivity contribution in [2.24, 2.45) is 5.73 Å². The first-order valence-electron chi connectivity index (χ1n) is 8.64. The molecule has 2 N–H and O–H groups in total. The molecule has 2 heterocycles. The normalized spacial score (nSPS) is 14.2. The van der Waals surface area contributed by atoms with Gasteiger partial charge in [-0.15, -0.1) is 0 Å². The van der Waals surface area contributed by atoms with Crippen molar-refractivity contribution in [2.45, 2.75) is 44.4 Å². The third-order valence-electron chi connectivity index (χ3n) is 5.00. The van der Waals surface area contributed by atoms with Crippen LogP contribution in [0.3, 0.4) is 0 Å². The first kappa shape index (κ1) is 18.5. The molecular formula is C20H23N3O2S. The van der Waals surface area contributed by atoms with Gasteiger partial charge in [-0.3, -0.25) is 9.59 Å². The van der Waals surface area contributed by atoms with E-state index in [2.05, 4.69) is 11.1 Å². The van der Waals surface area contributed by atoms with Crippen LogP contribution in [0.2, 0.25) is 0 Å². The topological polar surface area (TPSA) is 76.3 Å². The Labute approximate surface area is 158 Å². The van der Waals surface area contributed by atoms with E-state index >= 15 is 0 Å². The fourth-order valence-corrected chi connectivity index (χ4v) is 4.42. The number of aryl methyl sites for hydroxylation is 1. The number of anilines is 1. The van der Waals surface area contributed by atoms with Gasteiger partial charge in [0.2, 0.25) is 5.91 Å². The zero-order chi connectivity index (χ0) is 19.0. The minimum atomic E-state index is -0.508. The van der Waals surface area contributed by atoms with Gasteiger partial charge < -0.3 is 10.6 Å². The number of carbonyl (C=O) groups is 2. The highest BCUT2D eigenvalue weighted by Gasteiger charge is 2.30. The van der Waals surface area contributed by atoms with Gasteiger partial charge >= 0.3 is 0 Å². The molecule has 1 atom stereocenters. The molecule has 6 heteroatoms. The summed E-state index contributed by atoms with van der Waals surface area (Å²) in [5.74, 6) is -0.486. The molecule has 0 saturated heterocycles. The second kappa shape index (κ2) is 7.11. The predicted molar refractivity (Wildman–Crippen MR) is 105 cm³/mol. The monoisotopic (exact) mass is 369 g/mol. The lowest BCUT2D eigenvalue weighted by molar-refractivity contribution is -0.117. The van der Waals surface area contributed by atoms with Crippen molar-refractivity contribution in [1.82, 2.24) is 4.98 Å². The number of amides is 2. The van der Waals surface area contributed by atoms with Crippen LogP contribution in [0.15, 0.2) is 29.3 Å². The Kier molecular flexibility index (Phi) is 5.05. The molecule has 2 aromatic rings. The van der Waals surface area contributed by atoms with Crippen molar-refractivity contribution >= 4 is 29.3 Å². The molecule has 1 aliphatic rings. The first-order chi connectivity index (χ1) is 12.3. The minimum absolute atomic E-state index is 0.0213. The number of pyridine rings is 1. The molecule has 1 aliphatic heterocycles. The van der Waals surface area contributed by atoms with E-state index in [4.69, 9.17) is 5.73 Å². The molecule has 3 rings (SSSR count). The number of rotatable bonds is 4. The number of hydrogen-bond donors (Lipinski definition) is 1. The highest BCUT2D eigenvalue weighted by molar-refractivity contribution is 8.00. The standard InChI is InChI=1S/C20H23N3O2S/c1-11-12(2)17(18(21)24)19(22-13(11)3)26-14(4)20(25)23-10-9-15-7-5-6-8-16(15)23/h5-8,14H,9-10H2,1-4H3,(H2,21,24)/t14-/m1/s1. The maximum Gasteiger partial charge on any atom is 0.251 e. The molecule has 1 aromatic heterocycles. The lowest BCUT2D eigenvalue weighted by atomic mass is 10.0. The number of thioether (sulfide) groups is 1. The quantitative estimate of drug-likeness (QED) is 0.840. The second-order valence-electron chi connectivity index (χ2n) is 6.62. The van der Waals surface area contributed by atoms with Crippen LogP contribution in [0, 0.1) is 20.8 Å². The van der Waals surface area contributed by atoms with Gasteiger partial charge in [0, 0.05) is 17.9 Å². The summed E-state index contributed by atoms with van der Waals surface area (Å²) < 4.78 is 0. The number of hydrogen-bond acceptors (Lipinski definition) is 4. The molecule has 0 radical (unpaired) electrons. The Morgan fingerprint density at radius 2 is 1.88 bits per heavy atom. The van der Waals surface area contributed by atoms with Gasteiger partial charge in [0.15, 0.2) is 0 Å². The molecule has 136 valence electrons. The number of benzene rings is 1. The fourth-order valence-electron chi connectivity index (χ4n) is 3.29. The average Bonchev–Trinajstić information content (AvgIpc) is 3.02. The van der Waals surface area contributed by atoms with E-state index in [-0.39, 0.29) is 11.2 Å². The van der Waals surface area contributed by atoms with Crippen LogP contribution in [-0.2, 0) is 11.2 Å². The summed E-state index contributed by atoms with van der Waals surface area (Å²) in [5.41, 5.74) is 10.8. The van der Waals surface area contributed by atoms with Gasteiger partial charge in [0.05, 0.1) is 10.8 Å². The number of para-hydroxylation sites is 1. The van der Waals surface area contributed by atoms with Crippen molar-refractivity contribution in [3.8, 4) is 0 Å². The Hall–Kier alpha value is -2.34. The highest BCUT2D eigenvalue weighted by Crippen LogP contribution is 2.33. The third-order valence-corrected chi connectivity index (χ3v) is 6.07. The minimum Gasteiger partial charge on any atom is -0.366 e. The van der Waals surface area contributed by atoms with Crippen LogP contribution in [-0.4, -0.2) is 28.6 Å². The van der Waals surface area contributed by atoms with Crippen LogP contribution < -0.4 is 10.6 Å². The maximum absolute atomic E-state index is 13.0. The summed E-state index contributed by atoms with van der Waals surface area (Å²) >= 11 is 1.30. The lowest BCUT2D eigenvalue weighted by Crippen LogP contribution is -2.35. The number of carbonyl (C=O) groups excluding carboxylic acids is 2. The van der Waals surface area contributed by atoms with Crippen LogP contribution in [0.4, 0.5) is 5.69 Å². The van der Waals surface area contributed by atoms with Gasteiger partial charge in [0.25, 0.3) is 5.91 Å². The Bertz CT molecular complexity index is 895.